The highest BCUT2D eigenvalue weighted by Gasteiger charge is 2.16. The molecule has 0 saturated carbocycles. The van der Waals surface area contributed by atoms with Crippen molar-refractivity contribution < 1.29 is 9.21 Å². The predicted molar refractivity (Wildman–Crippen MR) is 90.4 cm³/mol. The average Bonchev–Trinajstić information content (AvgIpc) is 2.86. The number of para-hydroxylation sites is 1. The summed E-state index contributed by atoms with van der Waals surface area (Å²) in [4.78, 5) is 12.4. The molecule has 0 saturated heterocycles. The normalized spacial score (nSPS) is 10.8. The first-order valence-corrected chi connectivity index (χ1v) is 7.67. The van der Waals surface area contributed by atoms with E-state index in [1.807, 2.05) is 24.3 Å². The monoisotopic (exact) mass is 408 g/mol. The smallest absolute Gasteiger partial charge is 0.259 e. The average molecular weight is 410 g/mol. The summed E-state index contributed by atoms with van der Waals surface area (Å²) < 4.78 is 6.79. The lowest BCUT2D eigenvalue weighted by molar-refractivity contribution is 0.102. The fourth-order valence-electron chi connectivity index (χ4n) is 2.05. The van der Waals surface area contributed by atoms with Crippen LogP contribution in [0.4, 0.5) is 11.4 Å². The van der Waals surface area contributed by atoms with E-state index in [9.17, 15) is 4.79 Å². The number of halogens is 2. The molecule has 0 bridgehead atoms. The van der Waals surface area contributed by atoms with Gasteiger partial charge in [-0.05, 0) is 50.1 Å². The first kappa shape index (κ1) is 14.2. The van der Waals surface area contributed by atoms with Gasteiger partial charge in [-0.15, -0.1) is 0 Å². The van der Waals surface area contributed by atoms with Crippen LogP contribution in [0, 0.1) is 0 Å². The second-order valence-electron chi connectivity index (χ2n) is 4.46. The van der Waals surface area contributed by atoms with Crippen molar-refractivity contribution in [3.8, 4) is 0 Å². The van der Waals surface area contributed by atoms with E-state index in [4.69, 9.17) is 10.2 Å². The van der Waals surface area contributed by atoms with Crippen molar-refractivity contribution >= 4 is 60.1 Å². The summed E-state index contributed by atoms with van der Waals surface area (Å²) in [6, 6.07) is 10.9. The van der Waals surface area contributed by atoms with E-state index >= 15 is 0 Å². The van der Waals surface area contributed by atoms with E-state index in [0.29, 0.717) is 31.5 Å². The number of furan rings is 1. The zero-order valence-electron chi connectivity index (χ0n) is 10.7. The van der Waals surface area contributed by atoms with Crippen LogP contribution >= 0.6 is 31.9 Å². The van der Waals surface area contributed by atoms with E-state index in [2.05, 4.69) is 37.2 Å². The molecule has 0 unspecified atom stereocenters. The first-order valence-electron chi connectivity index (χ1n) is 6.08. The second-order valence-corrected chi connectivity index (χ2v) is 6.17. The van der Waals surface area contributed by atoms with Gasteiger partial charge < -0.3 is 15.5 Å². The molecule has 4 nitrogen and oxygen atoms in total. The van der Waals surface area contributed by atoms with Gasteiger partial charge >= 0.3 is 0 Å². The summed E-state index contributed by atoms with van der Waals surface area (Å²) in [7, 11) is 0. The summed E-state index contributed by atoms with van der Waals surface area (Å²) in [6.07, 6.45) is 1.46. The Morgan fingerprint density at radius 3 is 2.52 bits per heavy atom. The Morgan fingerprint density at radius 2 is 1.81 bits per heavy atom. The van der Waals surface area contributed by atoms with Gasteiger partial charge in [0.25, 0.3) is 5.91 Å². The molecule has 0 aliphatic carbocycles. The van der Waals surface area contributed by atoms with Crippen LogP contribution in [0.3, 0.4) is 0 Å². The standard InChI is InChI=1S/C15H10Br2N2O2/c16-11-5-8(18)6-12(17)14(11)19-15(20)10-7-21-13-4-2-1-3-9(10)13/h1-7H,18H2,(H,19,20). The third-order valence-electron chi connectivity index (χ3n) is 3.03. The first-order chi connectivity index (χ1) is 10.1. The minimum absolute atomic E-state index is 0.244. The molecular weight excluding hydrogens is 400 g/mol. The number of nitrogen functional groups attached to an aromatic ring is 1. The molecule has 0 radical (unpaired) electrons. The molecule has 0 atom stereocenters. The third-order valence-corrected chi connectivity index (χ3v) is 4.28. The molecule has 1 heterocycles. The van der Waals surface area contributed by atoms with Crippen molar-refractivity contribution in [1.29, 1.82) is 0 Å². The maximum Gasteiger partial charge on any atom is 0.259 e. The molecule has 0 fully saturated rings. The number of hydrogen-bond acceptors (Lipinski definition) is 3. The van der Waals surface area contributed by atoms with Gasteiger partial charge in [-0.25, -0.2) is 0 Å². The molecular formula is C15H10Br2N2O2. The van der Waals surface area contributed by atoms with Crippen molar-refractivity contribution in [3.63, 3.8) is 0 Å². The van der Waals surface area contributed by atoms with E-state index in [1.54, 1.807) is 12.1 Å². The van der Waals surface area contributed by atoms with E-state index in [1.165, 1.54) is 6.26 Å². The summed E-state index contributed by atoms with van der Waals surface area (Å²) in [5, 5.41) is 3.63. The highest BCUT2D eigenvalue weighted by Crippen LogP contribution is 2.34. The predicted octanol–water partition coefficient (Wildman–Crippen LogP) is 4.79. The number of carbonyl (C=O) groups is 1. The summed E-state index contributed by atoms with van der Waals surface area (Å²) in [5.41, 5.74) is 8.13. The highest BCUT2D eigenvalue weighted by atomic mass is 79.9. The Morgan fingerprint density at radius 1 is 1.14 bits per heavy atom. The van der Waals surface area contributed by atoms with E-state index in [0.717, 1.165) is 5.39 Å². The fraction of sp³-hybridized carbons (Fsp3) is 0. The molecule has 0 aliphatic rings. The Hall–Kier alpha value is -1.79. The minimum atomic E-state index is -0.244. The number of nitrogens with one attached hydrogen (secondary N) is 1. The largest absolute Gasteiger partial charge is 0.463 e. The third kappa shape index (κ3) is 2.69. The van der Waals surface area contributed by atoms with Crippen molar-refractivity contribution in [2.24, 2.45) is 0 Å². The molecule has 1 amide bonds. The van der Waals surface area contributed by atoms with Gasteiger partial charge in [0.05, 0.1) is 11.3 Å². The van der Waals surface area contributed by atoms with Gasteiger partial charge in [-0.2, -0.15) is 0 Å². The van der Waals surface area contributed by atoms with Crippen LogP contribution < -0.4 is 11.1 Å². The molecule has 3 rings (SSSR count). The quantitative estimate of drug-likeness (QED) is 0.597. The number of amides is 1. The van der Waals surface area contributed by atoms with Gasteiger partial charge in [0, 0.05) is 20.0 Å². The zero-order chi connectivity index (χ0) is 15.0. The van der Waals surface area contributed by atoms with Gasteiger partial charge in [0.1, 0.15) is 11.8 Å². The SMILES string of the molecule is Nc1cc(Br)c(NC(=O)c2coc3ccccc23)c(Br)c1. The Labute approximate surface area is 137 Å². The summed E-state index contributed by atoms with van der Waals surface area (Å²) in [5.74, 6) is -0.244. The molecule has 2 aromatic carbocycles. The Bertz CT molecular complexity index is 820. The molecule has 0 aliphatic heterocycles. The van der Waals surface area contributed by atoms with Crippen LogP contribution in [0.5, 0.6) is 0 Å². The van der Waals surface area contributed by atoms with Crippen LogP contribution in [0.2, 0.25) is 0 Å². The number of carbonyl (C=O) groups excluding carboxylic acids is 1. The molecule has 106 valence electrons. The minimum Gasteiger partial charge on any atom is -0.463 e. The van der Waals surface area contributed by atoms with E-state index in [-0.39, 0.29) is 5.91 Å². The van der Waals surface area contributed by atoms with Crippen molar-refractivity contribution in [3.05, 3.63) is 57.2 Å². The Kier molecular flexibility index (Phi) is 3.73. The Balaban J connectivity index is 1.97. The van der Waals surface area contributed by atoms with Crippen molar-refractivity contribution in [2.75, 3.05) is 11.1 Å². The molecule has 21 heavy (non-hydrogen) atoms. The molecule has 0 spiro atoms. The maximum atomic E-state index is 12.4. The van der Waals surface area contributed by atoms with Crippen LogP contribution in [0.1, 0.15) is 10.4 Å². The second kappa shape index (κ2) is 5.54. The fourth-order valence-corrected chi connectivity index (χ4v) is 3.47. The van der Waals surface area contributed by atoms with E-state index < -0.39 is 0 Å². The number of rotatable bonds is 2. The van der Waals surface area contributed by atoms with Gasteiger partial charge in [0.2, 0.25) is 0 Å². The zero-order valence-corrected chi connectivity index (χ0v) is 13.9. The molecule has 1 aromatic heterocycles. The lowest BCUT2D eigenvalue weighted by Gasteiger charge is -2.10. The molecule has 3 N–H and O–H groups in total. The number of anilines is 2. The van der Waals surface area contributed by atoms with Gasteiger partial charge in [0.15, 0.2) is 0 Å². The number of fused-ring (bicyclic) bond motifs is 1. The lowest BCUT2D eigenvalue weighted by atomic mass is 10.1. The number of benzene rings is 2. The topological polar surface area (TPSA) is 68.3 Å². The van der Waals surface area contributed by atoms with Crippen LogP contribution in [-0.2, 0) is 0 Å². The lowest BCUT2D eigenvalue weighted by Crippen LogP contribution is -2.12. The van der Waals surface area contributed by atoms with Crippen molar-refractivity contribution in [1.82, 2.24) is 0 Å². The van der Waals surface area contributed by atoms with Crippen LogP contribution in [-0.4, -0.2) is 5.91 Å². The molecule has 3 aromatic rings. The van der Waals surface area contributed by atoms with Gasteiger partial charge in [-0.3, -0.25) is 4.79 Å². The van der Waals surface area contributed by atoms with Gasteiger partial charge in [-0.1, -0.05) is 18.2 Å². The van der Waals surface area contributed by atoms with Crippen molar-refractivity contribution in [2.45, 2.75) is 0 Å². The molecule has 6 heteroatoms. The highest BCUT2D eigenvalue weighted by molar-refractivity contribution is 9.11. The maximum absolute atomic E-state index is 12.4. The number of hydrogen-bond donors (Lipinski definition) is 2. The number of nitrogens with two attached hydrogens (primary N) is 1. The van der Waals surface area contributed by atoms with Crippen LogP contribution in [0.25, 0.3) is 11.0 Å². The summed E-state index contributed by atoms with van der Waals surface area (Å²) in [6.45, 7) is 0. The summed E-state index contributed by atoms with van der Waals surface area (Å²) >= 11 is 6.78. The van der Waals surface area contributed by atoms with Crippen LogP contribution in [0.15, 0.2) is 56.0 Å².